The Kier molecular flexibility index (Phi) is 3.16. The lowest BCUT2D eigenvalue weighted by Crippen LogP contribution is -2.48. The molecule has 1 aromatic carbocycles. The van der Waals surface area contributed by atoms with Gasteiger partial charge in [-0.1, -0.05) is 43.5 Å². The summed E-state index contributed by atoms with van der Waals surface area (Å²) in [5, 5.41) is 11.1. The zero-order chi connectivity index (χ0) is 12.6. The van der Waals surface area contributed by atoms with Crippen molar-refractivity contribution in [1.82, 2.24) is 4.90 Å². The van der Waals surface area contributed by atoms with Gasteiger partial charge >= 0.3 is 0 Å². The predicted molar refractivity (Wildman–Crippen MR) is 73.6 cm³/mol. The van der Waals surface area contributed by atoms with Crippen LogP contribution in [0.4, 0.5) is 0 Å². The van der Waals surface area contributed by atoms with Crippen molar-refractivity contribution in [2.45, 2.75) is 50.2 Å². The number of hydrogen-bond acceptors (Lipinski definition) is 2. The Morgan fingerprint density at radius 3 is 2.67 bits per heavy atom. The first-order chi connectivity index (χ1) is 8.71. The second-order valence-corrected chi connectivity index (χ2v) is 6.00. The molecule has 2 aliphatic rings. The van der Waals surface area contributed by atoms with Crippen LogP contribution < -0.4 is 0 Å². The quantitative estimate of drug-likeness (QED) is 0.822. The lowest BCUT2D eigenvalue weighted by atomic mass is 9.74. The SMILES string of the molecule is CN1CCc2ccccc2C1C1(O)CCCCC1. The Labute approximate surface area is 110 Å². The van der Waals surface area contributed by atoms with Gasteiger partial charge in [0.15, 0.2) is 0 Å². The van der Waals surface area contributed by atoms with Gasteiger partial charge in [0.25, 0.3) is 0 Å². The van der Waals surface area contributed by atoms with Gasteiger partial charge in [0.1, 0.15) is 0 Å². The molecule has 1 heterocycles. The molecule has 0 saturated heterocycles. The van der Waals surface area contributed by atoms with Gasteiger partial charge in [0, 0.05) is 6.54 Å². The van der Waals surface area contributed by atoms with Gasteiger partial charge < -0.3 is 5.11 Å². The summed E-state index contributed by atoms with van der Waals surface area (Å²) in [6.45, 7) is 1.06. The number of rotatable bonds is 1. The van der Waals surface area contributed by atoms with E-state index in [1.54, 1.807) is 0 Å². The highest BCUT2D eigenvalue weighted by Gasteiger charge is 2.42. The molecular weight excluding hydrogens is 222 g/mol. The Hall–Kier alpha value is -0.860. The maximum absolute atomic E-state index is 11.1. The fraction of sp³-hybridized carbons (Fsp3) is 0.625. The monoisotopic (exact) mass is 245 g/mol. The van der Waals surface area contributed by atoms with Gasteiger partial charge in [0.05, 0.1) is 11.6 Å². The summed E-state index contributed by atoms with van der Waals surface area (Å²) < 4.78 is 0. The Bertz CT molecular complexity index is 423. The number of benzene rings is 1. The zero-order valence-electron chi connectivity index (χ0n) is 11.2. The van der Waals surface area contributed by atoms with E-state index in [-0.39, 0.29) is 6.04 Å². The lowest BCUT2D eigenvalue weighted by Gasteiger charge is -2.46. The summed E-state index contributed by atoms with van der Waals surface area (Å²) in [6.07, 6.45) is 6.64. The molecule has 1 atom stereocenters. The average molecular weight is 245 g/mol. The molecule has 1 aromatic rings. The van der Waals surface area contributed by atoms with E-state index >= 15 is 0 Å². The zero-order valence-corrected chi connectivity index (χ0v) is 11.2. The third-order valence-electron chi connectivity index (χ3n) is 4.75. The summed E-state index contributed by atoms with van der Waals surface area (Å²) in [6, 6.07) is 8.86. The van der Waals surface area contributed by atoms with Crippen molar-refractivity contribution >= 4 is 0 Å². The molecular formula is C16H23NO. The number of aliphatic hydroxyl groups is 1. The van der Waals surface area contributed by atoms with Crippen LogP contribution >= 0.6 is 0 Å². The van der Waals surface area contributed by atoms with E-state index in [0.717, 1.165) is 25.8 Å². The lowest BCUT2D eigenvalue weighted by molar-refractivity contribution is -0.0713. The molecule has 1 aliphatic carbocycles. The predicted octanol–water partition coefficient (Wildman–Crippen LogP) is 2.91. The fourth-order valence-corrected chi connectivity index (χ4v) is 3.83. The van der Waals surface area contributed by atoms with Crippen molar-refractivity contribution in [3.05, 3.63) is 35.4 Å². The first kappa shape index (κ1) is 12.2. The normalized spacial score (nSPS) is 27.8. The summed E-state index contributed by atoms with van der Waals surface area (Å²) in [5.74, 6) is 0. The standard InChI is InChI=1S/C16H23NO/c1-17-12-9-13-7-3-4-8-14(13)15(17)16(18)10-5-2-6-11-16/h3-4,7-8,15,18H,2,5-6,9-12H2,1H3. The largest absolute Gasteiger partial charge is 0.388 e. The average Bonchev–Trinajstić information content (AvgIpc) is 2.39. The van der Waals surface area contributed by atoms with Gasteiger partial charge in [0.2, 0.25) is 0 Å². The first-order valence-corrected chi connectivity index (χ1v) is 7.21. The molecule has 1 saturated carbocycles. The summed E-state index contributed by atoms with van der Waals surface area (Å²) >= 11 is 0. The highest BCUT2D eigenvalue weighted by Crippen LogP contribution is 2.44. The van der Waals surface area contributed by atoms with E-state index in [2.05, 4.69) is 36.2 Å². The molecule has 1 N–H and O–H groups in total. The minimum absolute atomic E-state index is 0.197. The molecule has 1 fully saturated rings. The van der Waals surface area contributed by atoms with Crippen molar-refractivity contribution in [3.8, 4) is 0 Å². The van der Waals surface area contributed by atoms with Crippen molar-refractivity contribution in [2.24, 2.45) is 0 Å². The summed E-state index contributed by atoms with van der Waals surface area (Å²) in [5.41, 5.74) is 2.28. The van der Waals surface area contributed by atoms with E-state index in [4.69, 9.17) is 0 Å². The number of nitrogens with zero attached hydrogens (tertiary/aromatic N) is 1. The minimum Gasteiger partial charge on any atom is -0.388 e. The molecule has 1 unspecified atom stereocenters. The van der Waals surface area contributed by atoms with Crippen LogP contribution in [0, 0.1) is 0 Å². The molecule has 1 aliphatic heterocycles. The van der Waals surface area contributed by atoms with E-state index in [1.807, 2.05) is 0 Å². The second-order valence-electron chi connectivity index (χ2n) is 6.00. The molecule has 2 heteroatoms. The molecule has 98 valence electrons. The molecule has 0 spiro atoms. The molecule has 0 amide bonds. The van der Waals surface area contributed by atoms with Crippen molar-refractivity contribution in [1.29, 1.82) is 0 Å². The van der Waals surface area contributed by atoms with Gasteiger partial charge in [-0.3, -0.25) is 4.90 Å². The molecule has 0 aromatic heterocycles. The summed E-state index contributed by atoms with van der Waals surface area (Å²) in [4.78, 5) is 2.35. The maximum Gasteiger partial charge on any atom is 0.0843 e. The van der Waals surface area contributed by atoms with Crippen LogP contribution in [-0.4, -0.2) is 29.2 Å². The van der Waals surface area contributed by atoms with Gasteiger partial charge in [-0.05, 0) is 37.4 Å². The van der Waals surface area contributed by atoms with Crippen LogP contribution in [0.2, 0.25) is 0 Å². The molecule has 2 nitrogen and oxygen atoms in total. The number of fused-ring (bicyclic) bond motifs is 1. The second kappa shape index (κ2) is 4.67. The first-order valence-electron chi connectivity index (χ1n) is 7.21. The van der Waals surface area contributed by atoms with E-state index < -0.39 is 5.60 Å². The van der Waals surface area contributed by atoms with Crippen LogP contribution in [0.3, 0.4) is 0 Å². The van der Waals surface area contributed by atoms with Gasteiger partial charge in [-0.25, -0.2) is 0 Å². The Morgan fingerprint density at radius 2 is 1.89 bits per heavy atom. The number of hydrogen-bond donors (Lipinski definition) is 1. The van der Waals surface area contributed by atoms with Crippen LogP contribution in [-0.2, 0) is 6.42 Å². The molecule has 3 rings (SSSR count). The van der Waals surface area contributed by atoms with Crippen molar-refractivity contribution < 1.29 is 5.11 Å². The van der Waals surface area contributed by atoms with Crippen LogP contribution in [0.15, 0.2) is 24.3 Å². The molecule has 18 heavy (non-hydrogen) atoms. The van der Waals surface area contributed by atoms with E-state index in [0.29, 0.717) is 0 Å². The van der Waals surface area contributed by atoms with Gasteiger partial charge in [-0.2, -0.15) is 0 Å². The van der Waals surface area contributed by atoms with Gasteiger partial charge in [-0.15, -0.1) is 0 Å². The Morgan fingerprint density at radius 1 is 1.17 bits per heavy atom. The minimum atomic E-state index is -0.510. The van der Waals surface area contributed by atoms with E-state index in [9.17, 15) is 5.11 Å². The fourth-order valence-electron chi connectivity index (χ4n) is 3.83. The van der Waals surface area contributed by atoms with Crippen LogP contribution in [0.5, 0.6) is 0 Å². The van der Waals surface area contributed by atoms with Crippen LogP contribution in [0.25, 0.3) is 0 Å². The third kappa shape index (κ3) is 1.98. The summed E-state index contributed by atoms with van der Waals surface area (Å²) in [7, 11) is 2.16. The highest BCUT2D eigenvalue weighted by atomic mass is 16.3. The van der Waals surface area contributed by atoms with Crippen LogP contribution in [0.1, 0.15) is 49.3 Å². The van der Waals surface area contributed by atoms with E-state index in [1.165, 1.54) is 30.4 Å². The van der Waals surface area contributed by atoms with Crippen molar-refractivity contribution in [3.63, 3.8) is 0 Å². The molecule has 0 bridgehead atoms. The van der Waals surface area contributed by atoms with Crippen molar-refractivity contribution in [2.75, 3.05) is 13.6 Å². The topological polar surface area (TPSA) is 23.5 Å². The Balaban J connectivity index is 1.99. The highest BCUT2D eigenvalue weighted by molar-refractivity contribution is 5.34. The number of likely N-dealkylation sites (N-methyl/N-ethyl adjacent to an activating group) is 1. The molecule has 0 radical (unpaired) electrons. The third-order valence-corrected chi connectivity index (χ3v) is 4.75. The smallest absolute Gasteiger partial charge is 0.0843 e. The maximum atomic E-state index is 11.1.